The number of aryl methyl sites for hydroxylation is 1. The maximum Gasteiger partial charge on any atom is 0.360 e. The molecule has 1 aliphatic heterocycles. The van der Waals surface area contributed by atoms with E-state index in [9.17, 15) is 14.7 Å². The van der Waals surface area contributed by atoms with Gasteiger partial charge in [0.05, 0.1) is 20.3 Å². The molecule has 4 aromatic rings. The van der Waals surface area contributed by atoms with Crippen LogP contribution >= 0.6 is 0 Å². The van der Waals surface area contributed by atoms with Crippen molar-refractivity contribution < 1.29 is 28.5 Å². The van der Waals surface area contributed by atoms with E-state index >= 15 is 0 Å². The average Bonchev–Trinajstić information content (AvgIpc) is 2.99. The number of carbonyl (C=O) groups is 1. The molecule has 1 fully saturated rings. The molecule has 214 valence electrons. The van der Waals surface area contributed by atoms with Gasteiger partial charge in [0.2, 0.25) is 0 Å². The number of hydrogen-bond acceptors (Lipinski definition) is 8. The summed E-state index contributed by atoms with van der Waals surface area (Å²) in [5, 5.41) is 17.1. The lowest BCUT2D eigenvalue weighted by Gasteiger charge is -2.27. The number of rotatable bonds is 8. The number of fused-ring (bicyclic) bond motifs is 1. The Kier molecular flexibility index (Phi) is 8.28. The third-order valence-electron chi connectivity index (χ3n) is 7.34. The molecule has 1 atom stereocenters. The molecule has 9 nitrogen and oxygen atoms in total. The van der Waals surface area contributed by atoms with E-state index in [0.717, 1.165) is 31.5 Å². The maximum atomic E-state index is 13.3. The number of methoxy groups -OCH3 is 2. The van der Waals surface area contributed by atoms with E-state index in [4.69, 9.17) is 18.6 Å². The van der Waals surface area contributed by atoms with Gasteiger partial charge in [0, 0.05) is 27.6 Å². The Labute approximate surface area is 238 Å². The molecule has 1 unspecified atom stereocenters. The minimum atomic E-state index is -0.811. The number of benzene rings is 3. The van der Waals surface area contributed by atoms with Crippen molar-refractivity contribution in [3.8, 4) is 28.4 Å². The highest BCUT2D eigenvalue weighted by Crippen LogP contribution is 2.37. The zero-order chi connectivity index (χ0) is 29.1. The average molecular weight is 559 g/mol. The molecular weight excluding hydrogens is 524 g/mol. The van der Waals surface area contributed by atoms with Crippen molar-refractivity contribution in [2.24, 2.45) is 0 Å². The molecule has 2 heterocycles. The summed E-state index contributed by atoms with van der Waals surface area (Å²) in [4.78, 5) is 26.3. The summed E-state index contributed by atoms with van der Waals surface area (Å²) in [5.41, 5.74) is 2.72. The maximum absolute atomic E-state index is 13.3. The van der Waals surface area contributed by atoms with Crippen LogP contribution in [0.25, 0.3) is 22.1 Å². The first-order valence-corrected chi connectivity index (χ1v) is 13.6. The lowest BCUT2D eigenvalue weighted by molar-refractivity contribution is 0.102. The van der Waals surface area contributed by atoms with Crippen molar-refractivity contribution in [1.82, 2.24) is 5.32 Å². The highest BCUT2D eigenvalue weighted by atomic mass is 16.5. The van der Waals surface area contributed by atoms with Crippen LogP contribution in [0.3, 0.4) is 0 Å². The van der Waals surface area contributed by atoms with Gasteiger partial charge in [0.15, 0.2) is 0 Å². The predicted octanol–water partition coefficient (Wildman–Crippen LogP) is 5.22. The Balaban J connectivity index is 1.48. The minimum absolute atomic E-state index is 0.00143. The quantitative estimate of drug-likeness (QED) is 0.252. The third kappa shape index (κ3) is 5.91. The second-order valence-electron chi connectivity index (χ2n) is 10.1. The molecule has 1 saturated heterocycles. The largest absolute Gasteiger partial charge is 0.497 e. The number of ether oxygens (including phenoxy) is 3. The Morgan fingerprint density at radius 3 is 2.56 bits per heavy atom. The molecule has 1 aromatic heterocycles. The summed E-state index contributed by atoms with van der Waals surface area (Å²) >= 11 is 0. The van der Waals surface area contributed by atoms with Gasteiger partial charge in [0.25, 0.3) is 5.91 Å². The number of anilines is 1. The van der Waals surface area contributed by atoms with Crippen molar-refractivity contribution in [3.63, 3.8) is 0 Å². The molecule has 9 heteroatoms. The molecule has 0 radical (unpaired) electrons. The van der Waals surface area contributed by atoms with Crippen LogP contribution in [0, 0.1) is 6.92 Å². The molecule has 0 aliphatic carbocycles. The second kappa shape index (κ2) is 12.0. The standard InChI is InChI=1S/C32H34N2O7/c1-18-29-22(16-25(19(2)35)30(18)40-23-10-12-33-13-11-23)17-27(32(37)41-29)34-31(36)21-8-9-28(39-4)26(15-21)20-6-5-7-24(14-20)38-3/h5-9,14-17,19,23,33,35H,10-13H2,1-4H3,(H,34,36). The smallest absolute Gasteiger partial charge is 0.360 e. The lowest BCUT2D eigenvalue weighted by Crippen LogP contribution is -2.34. The predicted molar refractivity (Wildman–Crippen MR) is 157 cm³/mol. The first kappa shape index (κ1) is 28.2. The molecule has 1 aliphatic rings. The third-order valence-corrected chi connectivity index (χ3v) is 7.34. The number of aliphatic hydroxyl groups is 1. The molecule has 0 spiro atoms. The monoisotopic (exact) mass is 558 g/mol. The molecule has 3 aromatic carbocycles. The van der Waals surface area contributed by atoms with Crippen LogP contribution in [0.4, 0.5) is 5.69 Å². The first-order chi connectivity index (χ1) is 19.8. The summed E-state index contributed by atoms with van der Waals surface area (Å²) in [6.45, 7) is 5.19. The van der Waals surface area contributed by atoms with E-state index in [2.05, 4.69) is 10.6 Å². The molecular formula is C32H34N2O7. The Morgan fingerprint density at radius 2 is 1.85 bits per heavy atom. The van der Waals surface area contributed by atoms with Crippen LogP contribution in [0.5, 0.6) is 17.2 Å². The van der Waals surface area contributed by atoms with Gasteiger partial charge < -0.3 is 34.4 Å². The molecule has 0 bridgehead atoms. The van der Waals surface area contributed by atoms with Crippen LogP contribution in [0.15, 0.2) is 63.8 Å². The molecule has 1 amide bonds. The van der Waals surface area contributed by atoms with Gasteiger partial charge in [-0.05, 0) is 87.8 Å². The number of amides is 1. The van der Waals surface area contributed by atoms with Gasteiger partial charge in [-0.3, -0.25) is 4.79 Å². The Bertz CT molecular complexity index is 1640. The lowest BCUT2D eigenvalue weighted by atomic mass is 10.0. The number of nitrogens with one attached hydrogen (secondary N) is 2. The zero-order valence-electron chi connectivity index (χ0n) is 23.6. The number of hydrogen-bond donors (Lipinski definition) is 3. The highest BCUT2D eigenvalue weighted by Gasteiger charge is 2.23. The number of piperidine rings is 1. The molecule has 0 saturated carbocycles. The van der Waals surface area contributed by atoms with Gasteiger partial charge in [-0.1, -0.05) is 12.1 Å². The van der Waals surface area contributed by atoms with Gasteiger partial charge >= 0.3 is 5.63 Å². The summed E-state index contributed by atoms with van der Waals surface area (Å²) in [5.74, 6) is 1.30. The van der Waals surface area contributed by atoms with E-state index in [1.165, 1.54) is 0 Å². The van der Waals surface area contributed by atoms with Crippen molar-refractivity contribution >= 4 is 22.6 Å². The molecule has 5 rings (SSSR count). The zero-order valence-corrected chi connectivity index (χ0v) is 23.6. The van der Waals surface area contributed by atoms with E-state index in [0.29, 0.717) is 50.5 Å². The van der Waals surface area contributed by atoms with Gasteiger partial charge in [-0.15, -0.1) is 0 Å². The van der Waals surface area contributed by atoms with Crippen molar-refractivity contribution in [1.29, 1.82) is 0 Å². The first-order valence-electron chi connectivity index (χ1n) is 13.6. The van der Waals surface area contributed by atoms with Crippen LogP contribution in [0.2, 0.25) is 0 Å². The van der Waals surface area contributed by atoms with Crippen molar-refractivity contribution in [3.05, 3.63) is 81.7 Å². The number of carbonyl (C=O) groups excluding carboxylic acids is 1. The van der Waals surface area contributed by atoms with Gasteiger partial charge in [-0.25, -0.2) is 4.79 Å². The summed E-state index contributed by atoms with van der Waals surface area (Å²) in [6.07, 6.45) is 0.878. The van der Waals surface area contributed by atoms with E-state index in [1.807, 2.05) is 31.2 Å². The fourth-order valence-electron chi connectivity index (χ4n) is 5.13. The summed E-state index contributed by atoms with van der Waals surface area (Å²) in [7, 11) is 3.15. The van der Waals surface area contributed by atoms with Crippen LogP contribution in [-0.2, 0) is 0 Å². The van der Waals surface area contributed by atoms with E-state index in [1.54, 1.807) is 51.5 Å². The minimum Gasteiger partial charge on any atom is -0.497 e. The van der Waals surface area contributed by atoms with E-state index < -0.39 is 17.6 Å². The SMILES string of the molecule is COc1cccc(-c2cc(C(=O)Nc3cc4cc(C(C)O)c(OC5CCNCC5)c(C)c4oc3=O)ccc2OC)c1. The van der Waals surface area contributed by atoms with Crippen molar-refractivity contribution in [2.75, 3.05) is 32.6 Å². The van der Waals surface area contributed by atoms with E-state index in [-0.39, 0.29) is 11.8 Å². The summed E-state index contributed by atoms with van der Waals surface area (Å²) < 4.78 is 22.9. The number of aliphatic hydroxyl groups excluding tert-OH is 1. The normalized spacial score (nSPS) is 14.5. The van der Waals surface area contributed by atoms with Crippen LogP contribution in [-0.4, -0.2) is 44.4 Å². The van der Waals surface area contributed by atoms with Gasteiger partial charge in [0.1, 0.15) is 34.6 Å². The topological polar surface area (TPSA) is 119 Å². The Morgan fingerprint density at radius 1 is 1.07 bits per heavy atom. The second-order valence-corrected chi connectivity index (χ2v) is 10.1. The highest BCUT2D eigenvalue weighted by molar-refractivity contribution is 6.06. The summed E-state index contributed by atoms with van der Waals surface area (Å²) in [6, 6.07) is 15.8. The molecule has 3 N–H and O–H groups in total. The van der Waals surface area contributed by atoms with Crippen molar-refractivity contribution in [2.45, 2.75) is 38.9 Å². The fraction of sp³-hybridized carbons (Fsp3) is 0.312. The Hall–Kier alpha value is -4.34. The van der Waals surface area contributed by atoms with Gasteiger partial charge in [-0.2, -0.15) is 0 Å². The molecule has 41 heavy (non-hydrogen) atoms. The fourth-order valence-corrected chi connectivity index (χ4v) is 5.13. The van der Waals surface area contributed by atoms with Crippen LogP contribution < -0.4 is 30.5 Å². The van der Waals surface area contributed by atoms with Crippen LogP contribution in [0.1, 0.15) is 47.4 Å².